The van der Waals surface area contributed by atoms with E-state index in [4.69, 9.17) is 0 Å². The van der Waals surface area contributed by atoms with Gasteiger partial charge in [-0.1, -0.05) is 29.6 Å². The number of hydrogen-bond acceptors (Lipinski definition) is 5. The van der Waals surface area contributed by atoms with Gasteiger partial charge in [-0.25, -0.2) is 0 Å². The van der Waals surface area contributed by atoms with Gasteiger partial charge in [0.25, 0.3) is 0 Å². The standard InChI is InChI=1S/C20H24BrN3S2/c1-14(13-24-10-8-23(2)9-11-24)22-15-6-7-17-19(12-15)25-18-5-3-4-16(21)20(18)26-17/h3-7,12,14,22H,8-11,13H2,1-2H3. The number of nitrogens with one attached hydrogen (secondary N) is 1. The number of anilines is 1. The van der Waals surface area contributed by atoms with Crippen LogP contribution in [0, 0.1) is 0 Å². The molecular weight excluding hydrogens is 426 g/mol. The van der Waals surface area contributed by atoms with Gasteiger partial charge < -0.3 is 10.2 Å². The molecule has 0 saturated carbocycles. The summed E-state index contributed by atoms with van der Waals surface area (Å²) >= 11 is 7.40. The Morgan fingerprint density at radius 2 is 1.85 bits per heavy atom. The number of rotatable bonds is 4. The summed E-state index contributed by atoms with van der Waals surface area (Å²) in [6.07, 6.45) is 0. The summed E-state index contributed by atoms with van der Waals surface area (Å²) in [5.41, 5.74) is 1.22. The maximum Gasteiger partial charge on any atom is 0.0404 e. The Labute approximate surface area is 173 Å². The largest absolute Gasteiger partial charge is 0.381 e. The minimum absolute atomic E-state index is 0.444. The van der Waals surface area contributed by atoms with Crippen molar-refractivity contribution >= 4 is 45.1 Å². The Morgan fingerprint density at radius 3 is 2.65 bits per heavy atom. The monoisotopic (exact) mass is 449 g/mol. The minimum atomic E-state index is 0.444. The summed E-state index contributed by atoms with van der Waals surface area (Å²) in [6, 6.07) is 13.7. The fourth-order valence-corrected chi connectivity index (χ4v) is 6.44. The fraction of sp³-hybridized carbons (Fsp3) is 0.400. The van der Waals surface area contributed by atoms with E-state index >= 15 is 0 Å². The Bertz CT molecular complexity index is 791. The molecule has 1 N–H and O–H groups in total. The maximum atomic E-state index is 3.70. The molecule has 2 aromatic rings. The molecule has 0 aromatic heterocycles. The second-order valence-electron chi connectivity index (χ2n) is 7.08. The molecule has 0 aliphatic carbocycles. The van der Waals surface area contributed by atoms with Crippen molar-refractivity contribution in [3.8, 4) is 0 Å². The Balaban J connectivity index is 1.41. The smallest absolute Gasteiger partial charge is 0.0404 e. The van der Waals surface area contributed by atoms with Crippen molar-refractivity contribution in [2.24, 2.45) is 0 Å². The van der Waals surface area contributed by atoms with Crippen LogP contribution >= 0.6 is 39.5 Å². The summed E-state index contributed by atoms with van der Waals surface area (Å²) in [7, 11) is 2.21. The molecule has 2 heterocycles. The number of hydrogen-bond donors (Lipinski definition) is 1. The van der Waals surface area contributed by atoms with E-state index in [0.717, 1.165) is 6.54 Å². The first-order valence-corrected chi connectivity index (χ1v) is 11.5. The van der Waals surface area contributed by atoms with E-state index in [9.17, 15) is 0 Å². The van der Waals surface area contributed by atoms with E-state index in [1.165, 1.54) is 55.9 Å². The zero-order valence-corrected chi connectivity index (χ0v) is 18.4. The van der Waals surface area contributed by atoms with E-state index in [1.807, 2.05) is 23.5 Å². The predicted molar refractivity (Wildman–Crippen MR) is 116 cm³/mol. The molecule has 138 valence electrons. The highest BCUT2D eigenvalue weighted by molar-refractivity contribution is 9.10. The number of halogens is 1. The molecule has 2 aliphatic heterocycles. The van der Waals surface area contributed by atoms with Crippen molar-refractivity contribution < 1.29 is 0 Å². The van der Waals surface area contributed by atoms with Gasteiger partial charge in [-0.2, -0.15) is 0 Å². The third-order valence-electron chi connectivity index (χ3n) is 4.85. The second kappa shape index (κ2) is 8.15. The molecule has 2 aliphatic rings. The zero-order valence-electron chi connectivity index (χ0n) is 15.2. The Hall–Kier alpha value is -0.660. The lowest BCUT2D eigenvalue weighted by molar-refractivity contribution is 0.151. The van der Waals surface area contributed by atoms with E-state index < -0.39 is 0 Å². The SMILES string of the molecule is CC(CN1CCN(C)CC1)Nc1ccc2c(c1)Sc1cccc(Br)c1S2. The first-order valence-electron chi connectivity index (χ1n) is 9.04. The first kappa shape index (κ1) is 18.7. The van der Waals surface area contributed by atoms with E-state index in [2.05, 4.69) is 81.4 Å². The van der Waals surface area contributed by atoms with Gasteiger partial charge >= 0.3 is 0 Å². The molecule has 1 unspecified atom stereocenters. The third-order valence-corrected chi connectivity index (χ3v) is 8.37. The van der Waals surface area contributed by atoms with Crippen LogP contribution in [0.5, 0.6) is 0 Å². The van der Waals surface area contributed by atoms with Crippen molar-refractivity contribution in [1.29, 1.82) is 0 Å². The average molecular weight is 450 g/mol. The highest BCUT2D eigenvalue weighted by Gasteiger charge is 2.20. The van der Waals surface area contributed by atoms with Crippen molar-refractivity contribution in [3.05, 3.63) is 40.9 Å². The number of likely N-dealkylation sites (N-methyl/N-ethyl adjacent to an activating group) is 1. The fourth-order valence-electron chi connectivity index (χ4n) is 3.41. The number of benzene rings is 2. The zero-order chi connectivity index (χ0) is 18.1. The van der Waals surface area contributed by atoms with Gasteiger partial charge in [-0.3, -0.25) is 4.90 Å². The molecule has 1 saturated heterocycles. The molecule has 1 atom stereocenters. The van der Waals surface area contributed by atoms with E-state index in [1.54, 1.807) is 0 Å². The lowest BCUT2D eigenvalue weighted by Gasteiger charge is -2.34. The second-order valence-corrected chi connectivity index (χ2v) is 10.1. The highest BCUT2D eigenvalue weighted by Crippen LogP contribution is 2.51. The van der Waals surface area contributed by atoms with Crippen LogP contribution in [-0.2, 0) is 0 Å². The third kappa shape index (κ3) is 4.25. The molecular formula is C20H24BrN3S2. The summed E-state index contributed by atoms with van der Waals surface area (Å²) in [5.74, 6) is 0. The van der Waals surface area contributed by atoms with Crippen molar-refractivity contribution in [2.75, 3.05) is 45.1 Å². The quantitative estimate of drug-likeness (QED) is 0.594. The van der Waals surface area contributed by atoms with Crippen LogP contribution in [-0.4, -0.2) is 55.6 Å². The van der Waals surface area contributed by atoms with Crippen LogP contribution in [0.3, 0.4) is 0 Å². The van der Waals surface area contributed by atoms with Gasteiger partial charge in [0.1, 0.15) is 0 Å². The molecule has 1 fully saturated rings. The molecule has 0 bridgehead atoms. The summed E-state index contributed by atoms with van der Waals surface area (Å²) < 4.78 is 1.18. The van der Waals surface area contributed by atoms with Crippen LogP contribution in [0.4, 0.5) is 5.69 Å². The first-order chi connectivity index (χ1) is 12.6. The molecule has 0 radical (unpaired) electrons. The lowest BCUT2D eigenvalue weighted by Crippen LogP contribution is -2.47. The van der Waals surface area contributed by atoms with E-state index in [-0.39, 0.29) is 0 Å². The van der Waals surface area contributed by atoms with E-state index in [0.29, 0.717) is 6.04 Å². The number of piperazine rings is 1. The van der Waals surface area contributed by atoms with Gasteiger partial charge in [0, 0.05) is 68.5 Å². The Kier molecular flexibility index (Phi) is 5.86. The van der Waals surface area contributed by atoms with Gasteiger partial charge in [0.2, 0.25) is 0 Å². The molecule has 0 spiro atoms. The van der Waals surface area contributed by atoms with Gasteiger partial charge in [-0.05, 0) is 60.2 Å². The van der Waals surface area contributed by atoms with Gasteiger partial charge in [0.15, 0.2) is 0 Å². The minimum Gasteiger partial charge on any atom is -0.381 e. The maximum absolute atomic E-state index is 3.70. The van der Waals surface area contributed by atoms with Crippen molar-refractivity contribution in [2.45, 2.75) is 32.5 Å². The number of nitrogens with zero attached hydrogens (tertiary/aromatic N) is 2. The summed E-state index contributed by atoms with van der Waals surface area (Å²) in [5, 5.41) is 3.70. The highest BCUT2D eigenvalue weighted by atomic mass is 79.9. The normalized spacial score (nSPS) is 18.9. The van der Waals surface area contributed by atoms with Gasteiger partial charge in [0.05, 0.1) is 0 Å². The topological polar surface area (TPSA) is 18.5 Å². The number of fused-ring (bicyclic) bond motifs is 2. The molecule has 0 amide bonds. The van der Waals surface area contributed by atoms with Gasteiger partial charge in [-0.15, -0.1) is 0 Å². The summed E-state index contributed by atoms with van der Waals surface area (Å²) in [6.45, 7) is 8.08. The van der Waals surface area contributed by atoms with Crippen LogP contribution < -0.4 is 5.32 Å². The van der Waals surface area contributed by atoms with Crippen LogP contribution in [0.2, 0.25) is 0 Å². The molecule has 2 aromatic carbocycles. The molecule has 3 nitrogen and oxygen atoms in total. The summed E-state index contributed by atoms with van der Waals surface area (Å²) in [4.78, 5) is 10.3. The predicted octanol–water partition coefficient (Wildman–Crippen LogP) is 5.11. The average Bonchev–Trinajstić information content (AvgIpc) is 2.62. The molecule has 6 heteroatoms. The van der Waals surface area contributed by atoms with Crippen LogP contribution in [0.1, 0.15) is 6.92 Å². The van der Waals surface area contributed by atoms with Crippen LogP contribution in [0.15, 0.2) is 60.5 Å². The molecule has 26 heavy (non-hydrogen) atoms. The van der Waals surface area contributed by atoms with Crippen molar-refractivity contribution in [3.63, 3.8) is 0 Å². The van der Waals surface area contributed by atoms with Crippen molar-refractivity contribution in [1.82, 2.24) is 9.80 Å². The molecule has 4 rings (SSSR count). The Morgan fingerprint density at radius 1 is 1.04 bits per heavy atom. The lowest BCUT2D eigenvalue weighted by atomic mass is 10.2. The van der Waals surface area contributed by atoms with Crippen LogP contribution in [0.25, 0.3) is 0 Å².